The molecule has 1 aromatic rings. The average Bonchev–Trinajstić information content (AvgIpc) is 2.54. The summed E-state index contributed by atoms with van der Waals surface area (Å²) in [6.07, 6.45) is -1.28. The quantitative estimate of drug-likeness (QED) is 0.733. The molecule has 5 heteroatoms. The Kier molecular flexibility index (Phi) is 2.24. The standard InChI is InChI=1S/C10H10O5/c1-13-5-3-4-6(14-2)8-7(5)9(11)15-10(8)12/h3-4,9,11H,1-2H3/t9-/m0/s1. The van der Waals surface area contributed by atoms with Crippen LogP contribution >= 0.6 is 0 Å². The van der Waals surface area contributed by atoms with Crippen LogP contribution in [0.25, 0.3) is 0 Å². The predicted molar refractivity (Wildman–Crippen MR) is 49.9 cm³/mol. The molecule has 1 N–H and O–H groups in total. The number of aliphatic hydroxyl groups is 1. The highest BCUT2D eigenvalue weighted by Gasteiger charge is 2.35. The number of esters is 1. The molecule has 0 saturated heterocycles. The van der Waals surface area contributed by atoms with Gasteiger partial charge in [-0.05, 0) is 12.1 Å². The van der Waals surface area contributed by atoms with Crippen molar-refractivity contribution in [2.45, 2.75) is 6.29 Å². The lowest BCUT2D eigenvalue weighted by Crippen LogP contribution is -1.99. The Morgan fingerprint density at radius 2 is 1.87 bits per heavy atom. The molecule has 1 atom stereocenters. The van der Waals surface area contributed by atoms with Gasteiger partial charge in [-0.25, -0.2) is 4.79 Å². The third-order valence-electron chi connectivity index (χ3n) is 2.28. The summed E-state index contributed by atoms with van der Waals surface area (Å²) in [5, 5.41) is 9.51. The maximum atomic E-state index is 11.4. The van der Waals surface area contributed by atoms with Gasteiger partial charge in [0.05, 0.1) is 19.8 Å². The molecule has 0 saturated carbocycles. The number of fused-ring (bicyclic) bond motifs is 1. The van der Waals surface area contributed by atoms with Crippen molar-refractivity contribution in [3.63, 3.8) is 0 Å². The fraction of sp³-hybridized carbons (Fsp3) is 0.300. The van der Waals surface area contributed by atoms with Crippen LogP contribution in [-0.2, 0) is 4.74 Å². The number of carbonyl (C=O) groups excluding carboxylic acids is 1. The second-order valence-electron chi connectivity index (χ2n) is 3.02. The lowest BCUT2D eigenvalue weighted by atomic mass is 10.1. The van der Waals surface area contributed by atoms with E-state index in [1.807, 2.05) is 0 Å². The van der Waals surface area contributed by atoms with Gasteiger partial charge in [0.25, 0.3) is 0 Å². The molecular weight excluding hydrogens is 200 g/mol. The molecule has 1 aliphatic heterocycles. The van der Waals surface area contributed by atoms with Crippen LogP contribution in [0.3, 0.4) is 0 Å². The second kappa shape index (κ2) is 3.43. The minimum atomic E-state index is -1.28. The van der Waals surface area contributed by atoms with Gasteiger partial charge in [0.2, 0.25) is 6.29 Å². The highest BCUT2D eigenvalue weighted by molar-refractivity contribution is 5.97. The summed E-state index contributed by atoms with van der Waals surface area (Å²) in [5.74, 6) is 0.171. The highest BCUT2D eigenvalue weighted by Crippen LogP contribution is 2.40. The van der Waals surface area contributed by atoms with Crippen molar-refractivity contribution >= 4 is 5.97 Å². The van der Waals surface area contributed by atoms with E-state index in [1.54, 1.807) is 12.1 Å². The summed E-state index contributed by atoms with van der Waals surface area (Å²) in [6.45, 7) is 0. The van der Waals surface area contributed by atoms with E-state index in [-0.39, 0.29) is 5.56 Å². The fourth-order valence-corrected chi connectivity index (χ4v) is 1.60. The van der Waals surface area contributed by atoms with Crippen LogP contribution in [0.4, 0.5) is 0 Å². The van der Waals surface area contributed by atoms with Gasteiger partial charge in [-0.3, -0.25) is 0 Å². The van der Waals surface area contributed by atoms with E-state index in [1.165, 1.54) is 14.2 Å². The monoisotopic (exact) mass is 210 g/mol. The number of aliphatic hydroxyl groups excluding tert-OH is 1. The summed E-state index contributed by atoms with van der Waals surface area (Å²) in [5.41, 5.74) is 0.547. The van der Waals surface area contributed by atoms with Crippen molar-refractivity contribution in [3.8, 4) is 11.5 Å². The molecule has 0 aliphatic carbocycles. The summed E-state index contributed by atoms with van der Waals surface area (Å²) in [4.78, 5) is 11.4. The van der Waals surface area contributed by atoms with E-state index in [2.05, 4.69) is 4.74 Å². The van der Waals surface area contributed by atoms with E-state index in [0.29, 0.717) is 17.1 Å². The lowest BCUT2D eigenvalue weighted by Gasteiger charge is -2.09. The topological polar surface area (TPSA) is 65.0 Å². The third-order valence-corrected chi connectivity index (χ3v) is 2.28. The number of cyclic esters (lactones) is 1. The summed E-state index contributed by atoms with van der Waals surface area (Å²) in [6, 6.07) is 3.21. The Labute approximate surface area is 86.2 Å². The predicted octanol–water partition coefficient (Wildman–Crippen LogP) is 0.865. The molecule has 0 amide bonds. The first-order valence-corrected chi connectivity index (χ1v) is 4.33. The maximum absolute atomic E-state index is 11.4. The number of carbonyl (C=O) groups is 1. The van der Waals surface area contributed by atoms with Gasteiger partial charge in [-0.1, -0.05) is 0 Å². The third kappa shape index (κ3) is 1.32. The van der Waals surface area contributed by atoms with Crippen molar-refractivity contribution in [1.29, 1.82) is 0 Å². The number of methoxy groups -OCH3 is 2. The molecule has 1 aliphatic rings. The molecule has 0 spiro atoms. The van der Waals surface area contributed by atoms with Gasteiger partial charge in [0.15, 0.2) is 0 Å². The zero-order chi connectivity index (χ0) is 11.0. The van der Waals surface area contributed by atoms with Gasteiger partial charge in [-0.2, -0.15) is 0 Å². The van der Waals surface area contributed by atoms with Gasteiger partial charge in [-0.15, -0.1) is 0 Å². The number of rotatable bonds is 2. The molecule has 15 heavy (non-hydrogen) atoms. The smallest absolute Gasteiger partial charge is 0.345 e. The molecule has 0 bridgehead atoms. The minimum absolute atomic E-state index is 0.226. The molecule has 0 aromatic heterocycles. The van der Waals surface area contributed by atoms with Crippen molar-refractivity contribution < 1.29 is 24.1 Å². The second-order valence-corrected chi connectivity index (χ2v) is 3.02. The van der Waals surface area contributed by atoms with Crippen LogP contribution in [0.2, 0.25) is 0 Å². The SMILES string of the molecule is COc1ccc(OC)c2c1C(=O)O[C@@H]2O. The van der Waals surface area contributed by atoms with E-state index in [4.69, 9.17) is 9.47 Å². The van der Waals surface area contributed by atoms with Crippen molar-refractivity contribution in [2.24, 2.45) is 0 Å². The van der Waals surface area contributed by atoms with Crippen LogP contribution in [-0.4, -0.2) is 25.3 Å². The van der Waals surface area contributed by atoms with Crippen molar-refractivity contribution in [3.05, 3.63) is 23.3 Å². The molecule has 1 aromatic carbocycles. The summed E-state index contributed by atoms with van der Waals surface area (Å²) in [7, 11) is 2.90. The molecular formula is C10H10O5. The molecule has 5 nitrogen and oxygen atoms in total. The number of hydrogen-bond acceptors (Lipinski definition) is 5. The van der Waals surface area contributed by atoms with Gasteiger partial charge >= 0.3 is 5.97 Å². The molecule has 0 unspecified atom stereocenters. The first-order valence-electron chi connectivity index (χ1n) is 4.33. The first kappa shape index (κ1) is 9.79. The average molecular weight is 210 g/mol. The zero-order valence-electron chi connectivity index (χ0n) is 8.31. The fourth-order valence-electron chi connectivity index (χ4n) is 1.60. The van der Waals surface area contributed by atoms with Crippen LogP contribution in [0, 0.1) is 0 Å². The Hall–Kier alpha value is -1.75. The normalized spacial score (nSPS) is 18.3. The summed E-state index contributed by atoms with van der Waals surface area (Å²) >= 11 is 0. The molecule has 0 fully saturated rings. The number of benzene rings is 1. The Morgan fingerprint density at radius 1 is 1.27 bits per heavy atom. The van der Waals surface area contributed by atoms with E-state index >= 15 is 0 Å². The van der Waals surface area contributed by atoms with Gasteiger partial charge in [0, 0.05) is 0 Å². The Bertz CT molecular complexity index is 413. The molecule has 1 heterocycles. The zero-order valence-corrected chi connectivity index (χ0v) is 8.31. The number of hydrogen-bond donors (Lipinski definition) is 1. The maximum Gasteiger partial charge on any atom is 0.345 e. The molecule has 0 radical (unpaired) electrons. The Balaban J connectivity index is 2.67. The lowest BCUT2D eigenvalue weighted by molar-refractivity contribution is -0.0555. The van der Waals surface area contributed by atoms with Gasteiger partial charge < -0.3 is 19.3 Å². The highest BCUT2D eigenvalue weighted by atomic mass is 16.6. The minimum Gasteiger partial charge on any atom is -0.496 e. The van der Waals surface area contributed by atoms with E-state index in [9.17, 15) is 9.90 Å². The van der Waals surface area contributed by atoms with Crippen LogP contribution in [0.15, 0.2) is 12.1 Å². The van der Waals surface area contributed by atoms with E-state index < -0.39 is 12.3 Å². The largest absolute Gasteiger partial charge is 0.496 e. The van der Waals surface area contributed by atoms with Crippen molar-refractivity contribution in [2.75, 3.05) is 14.2 Å². The van der Waals surface area contributed by atoms with Crippen LogP contribution in [0.1, 0.15) is 22.2 Å². The molecule has 80 valence electrons. The molecule has 2 rings (SSSR count). The Morgan fingerprint density at radius 3 is 2.47 bits per heavy atom. The van der Waals surface area contributed by atoms with Gasteiger partial charge in [0.1, 0.15) is 17.1 Å². The number of ether oxygens (including phenoxy) is 3. The first-order chi connectivity index (χ1) is 7.19. The van der Waals surface area contributed by atoms with Crippen LogP contribution < -0.4 is 9.47 Å². The van der Waals surface area contributed by atoms with Crippen LogP contribution in [0.5, 0.6) is 11.5 Å². The van der Waals surface area contributed by atoms with E-state index in [0.717, 1.165) is 0 Å². The summed E-state index contributed by atoms with van der Waals surface area (Å²) < 4.78 is 14.7. The van der Waals surface area contributed by atoms with Crippen molar-refractivity contribution in [1.82, 2.24) is 0 Å².